The second-order valence-corrected chi connectivity index (χ2v) is 6.47. The summed E-state index contributed by atoms with van der Waals surface area (Å²) < 4.78 is 0. The van der Waals surface area contributed by atoms with Crippen LogP contribution < -0.4 is 10.6 Å². The molecular weight excluding hydrogens is 276 g/mol. The highest BCUT2D eigenvalue weighted by Gasteiger charge is 2.21. The van der Waals surface area contributed by atoms with Crippen LogP contribution in [0.15, 0.2) is 18.3 Å². The van der Waals surface area contributed by atoms with Gasteiger partial charge in [0.2, 0.25) is 0 Å². The van der Waals surface area contributed by atoms with Crippen molar-refractivity contribution in [2.24, 2.45) is 5.92 Å². The molecule has 2 rings (SSSR count). The molecule has 1 aromatic heterocycles. The van der Waals surface area contributed by atoms with E-state index in [4.69, 9.17) is 0 Å². The molecule has 0 aromatic carbocycles. The minimum absolute atomic E-state index is 0.0951. The number of pyridine rings is 1. The van der Waals surface area contributed by atoms with Crippen LogP contribution in [0.2, 0.25) is 0 Å². The Hall–Kier alpha value is -1.62. The van der Waals surface area contributed by atoms with E-state index in [-0.39, 0.29) is 6.03 Å². The number of hydrogen-bond acceptors (Lipinski definition) is 3. The molecule has 122 valence electrons. The molecule has 5 nitrogen and oxygen atoms in total. The van der Waals surface area contributed by atoms with E-state index in [0.29, 0.717) is 18.5 Å². The van der Waals surface area contributed by atoms with Crippen LogP contribution in [0.25, 0.3) is 0 Å². The van der Waals surface area contributed by atoms with Gasteiger partial charge in [-0.2, -0.15) is 0 Å². The number of carbonyl (C=O) groups excluding carboxylic acids is 1. The summed E-state index contributed by atoms with van der Waals surface area (Å²) in [6.45, 7) is 9.95. The number of urea groups is 1. The zero-order valence-corrected chi connectivity index (χ0v) is 13.9. The molecular formula is C17H28N4O. The number of piperidine rings is 1. The van der Waals surface area contributed by atoms with Crippen LogP contribution in [0.4, 0.5) is 4.79 Å². The summed E-state index contributed by atoms with van der Waals surface area (Å²) in [5.74, 6) is 0.558. The van der Waals surface area contributed by atoms with Gasteiger partial charge in [0.25, 0.3) is 0 Å². The van der Waals surface area contributed by atoms with Crippen LogP contribution in [-0.4, -0.2) is 41.6 Å². The molecule has 0 radical (unpaired) electrons. The van der Waals surface area contributed by atoms with Crippen molar-refractivity contribution < 1.29 is 4.79 Å². The second-order valence-electron chi connectivity index (χ2n) is 6.47. The molecule has 0 bridgehead atoms. The second kappa shape index (κ2) is 8.13. The van der Waals surface area contributed by atoms with Gasteiger partial charge in [-0.05, 0) is 57.7 Å². The number of aromatic nitrogens is 1. The predicted octanol–water partition coefficient (Wildman–Crippen LogP) is 2.31. The van der Waals surface area contributed by atoms with Crippen molar-refractivity contribution in [3.8, 4) is 0 Å². The molecule has 0 unspecified atom stereocenters. The van der Waals surface area contributed by atoms with Gasteiger partial charge in [-0.1, -0.05) is 6.07 Å². The highest BCUT2D eigenvalue weighted by molar-refractivity contribution is 5.73. The van der Waals surface area contributed by atoms with Crippen molar-refractivity contribution in [3.05, 3.63) is 29.6 Å². The molecule has 5 heteroatoms. The number of carbonyl (C=O) groups is 1. The van der Waals surface area contributed by atoms with Gasteiger partial charge in [0.1, 0.15) is 0 Å². The number of likely N-dealkylation sites (tertiary alicyclic amines) is 1. The monoisotopic (exact) mass is 304 g/mol. The first-order chi connectivity index (χ1) is 10.5. The lowest BCUT2D eigenvalue weighted by Crippen LogP contribution is -2.45. The molecule has 1 atom stereocenters. The zero-order chi connectivity index (χ0) is 15.9. The van der Waals surface area contributed by atoms with Gasteiger partial charge < -0.3 is 15.5 Å². The fraction of sp³-hybridized carbons (Fsp3) is 0.647. The number of nitrogens with zero attached hydrogens (tertiary/aromatic N) is 2. The molecule has 1 aromatic rings. The van der Waals surface area contributed by atoms with Crippen molar-refractivity contribution in [2.75, 3.05) is 19.6 Å². The average Bonchev–Trinajstić information content (AvgIpc) is 2.52. The van der Waals surface area contributed by atoms with Crippen LogP contribution in [0.5, 0.6) is 0 Å². The van der Waals surface area contributed by atoms with Crippen molar-refractivity contribution in [3.63, 3.8) is 0 Å². The summed E-state index contributed by atoms with van der Waals surface area (Å²) in [4.78, 5) is 18.6. The maximum Gasteiger partial charge on any atom is 0.315 e. The van der Waals surface area contributed by atoms with Gasteiger partial charge in [0.05, 0.1) is 0 Å². The van der Waals surface area contributed by atoms with Crippen molar-refractivity contribution in [1.29, 1.82) is 0 Å². The molecule has 0 saturated carbocycles. The molecule has 2 heterocycles. The molecule has 1 saturated heterocycles. The third-order valence-corrected chi connectivity index (χ3v) is 4.26. The van der Waals surface area contributed by atoms with Gasteiger partial charge >= 0.3 is 6.03 Å². The zero-order valence-electron chi connectivity index (χ0n) is 13.9. The van der Waals surface area contributed by atoms with E-state index in [1.165, 1.54) is 19.4 Å². The third kappa shape index (κ3) is 5.30. The number of aryl methyl sites for hydroxylation is 1. The fourth-order valence-corrected chi connectivity index (χ4v) is 2.82. The number of hydrogen-bond donors (Lipinski definition) is 2. The molecule has 1 aliphatic heterocycles. The van der Waals surface area contributed by atoms with Crippen molar-refractivity contribution >= 4 is 6.03 Å². The SMILES string of the molecule is Cc1ccc(CNC(=O)NC[C@@H]2CCCN(C(C)C)C2)cn1. The lowest BCUT2D eigenvalue weighted by atomic mass is 9.97. The Balaban J connectivity index is 1.68. The Labute approximate surface area is 133 Å². The highest BCUT2D eigenvalue weighted by atomic mass is 16.2. The quantitative estimate of drug-likeness (QED) is 0.877. The lowest BCUT2D eigenvalue weighted by Gasteiger charge is -2.35. The maximum atomic E-state index is 11.9. The van der Waals surface area contributed by atoms with Crippen LogP contribution in [0, 0.1) is 12.8 Å². The van der Waals surface area contributed by atoms with Gasteiger partial charge in [-0.3, -0.25) is 4.98 Å². The average molecular weight is 304 g/mol. The summed E-state index contributed by atoms with van der Waals surface area (Å²) in [5.41, 5.74) is 2.00. The van der Waals surface area contributed by atoms with Gasteiger partial charge in [0, 0.05) is 37.6 Å². The fourth-order valence-electron chi connectivity index (χ4n) is 2.82. The van der Waals surface area contributed by atoms with Gasteiger partial charge in [0.15, 0.2) is 0 Å². The molecule has 1 aliphatic rings. The van der Waals surface area contributed by atoms with Crippen molar-refractivity contribution in [2.45, 2.75) is 46.2 Å². The first-order valence-electron chi connectivity index (χ1n) is 8.22. The van der Waals surface area contributed by atoms with Gasteiger partial charge in [-0.25, -0.2) is 4.79 Å². The summed E-state index contributed by atoms with van der Waals surface area (Å²) in [7, 11) is 0. The summed E-state index contributed by atoms with van der Waals surface area (Å²) in [6.07, 6.45) is 4.23. The molecule has 2 N–H and O–H groups in total. The maximum absolute atomic E-state index is 11.9. The standard InChI is InChI=1S/C17H28N4O/c1-13(2)21-8-4-5-16(12-21)11-20-17(22)19-10-15-7-6-14(3)18-9-15/h6-7,9,13,16H,4-5,8,10-12H2,1-3H3,(H2,19,20,22)/t16-/m0/s1. The van der Waals surface area contributed by atoms with E-state index in [1.807, 2.05) is 19.1 Å². The molecule has 1 fully saturated rings. The van der Waals surface area contributed by atoms with E-state index in [9.17, 15) is 4.79 Å². The Kier molecular flexibility index (Phi) is 6.19. The number of amides is 2. The van der Waals surface area contributed by atoms with E-state index in [0.717, 1.165) is 24.3 Å². The molecule has 0 aliphatic carbocycles. The Bertz CT molecular complexity index is 472. The van der Waals surface area contributed by atoms with Gasteiger partial charge in [-0.15, -0.1) is 0 Å². The summed E-state index contributed by atoms with van der Waals surface area (Å²) in [6, 6.07) is 4.44. The molecule has 0 spiro atoms. The highest BCUT2D eigenvalue weighted by Crippen LogP contribution is 2.17. The summed E-state index contributed by atoms with van der Waals surface area (Å²) in [5, 5.41) is 5.88. The predicted molar refractivity (Wildman–Crippen MR) is 88.6 cm³/mol. The minimum Gasteiger partial charge on any atom is -0.338 e. The Morgan fingerprint density at radius 2 is 2.23 bits per heavy atom. The smallest absolute Gasteiger partial charge is 0.315 e. The van der Waals surface area contributed by atoms with Crippen LogP contribution >= 0.6 is 0 Å². The molecule has 2 amide bonds. The Morgan fingerprint density at radius 1 is 1.41 bits per heavy atom. The number of rotatable bonds is 5. The first kappa shape index (κ1) is 16.7. The lowest BCUT2D eigenvalue weighted by molar-refractivity contribution is 0.139. The third-order valence-electron chi connectivity index (χ3n) is 4.26. The summed E-state index contributed by atoms with van der Waals surface area (Å²) >= 11 is 0. The first-order valence-corrected chi connectivity index (χ1v) is 8.22. The van der Waals surface area contributed by atoms with E-state index >= 15 is 0 Å². The van der Waals surface area contributed by atoms with Crippen LogP contribution in [-0.2, 0) is 6.54 Å². The molecule has 22 heavy (non-hydrogen) atoms. The van der Waals surface area contributed by atoms with Crippen LogP contribution in [0.1, 0.15) is 37.9 Å². The normalized spacial score (nSPS) is 19.2. The minimum atomic E-state index is -0.0951. The largest absolute Gasteiger partial charge is 0.338 e. The van der Waals surface area contributed by atoms with E-state index in [1.54, 1.807) is 6.20 Å². The number of nitrogens with one attached hydrogen (secondary N) is 2. The van der Waals surface area contributed by atoms with E-state index < -0.39 is 0 Å². The van der Waals surface area contributed by atoms with Crippen molar-refractivity contribution in [1.82, 2.24) is 20.5 Å². The Morgan fingerprint density at radius 3 is 2.91 bits per heavy atom. The van der Waals surface area contributed by atoms with Crippen LogP contribution in [0.3, 0.4) is 0 Å². The topological polar surface area (TPSA) is 57.3 Å². The van der Waals surface area contributed by atoms with E-state index in [2.05, 4.69) is 34.4 Å².